The average molecular weight is 395 g/mol. The van der Waals surface area contributed by atoms with Gasteiger partial charge in [-0.1, -0.05) is 6.92 Å². The molecule has 29 heavy (non-hydrogen) atoms. The van der Waals surface area contributed by atoms with Crippen molar-refractivity contribution in [1.82, 2.24) is 0 Å². The first-order chi connectivity index (χ1) is 14.0. The van der Waals surface area contributed by atoms with Gasteiger partial charge in [0.2, 0.25) is 11.8 Å². The fraction of sp³-hybridized carbons (Fsp3) is 0.391. The Bertz CT molecular complexity index is 874. The molecule has 1 heterocycles. The average Bonchev–Trinajstić information content (AvgIpc) is 3.52. The van der Waals surface area contributed by atoms with Crippen LogP contribution in [0.1, 0.15) is 26.2 Å². The van der Waals surface area contributed by atoms with Crippen LogP contribution in [0.2, 0.25) is 0 Å². The molecule has 0 bridgehead atoms. The molecule has 2 amide bonds. The van der Waals surface area contributed by atoms with Gasteiger partial charge in [0.1, 0.15) is 5.82 Å². The number of hydrogen-bond acceptors (Lipinski definition) is 3. The fourth-order valence-corrected chi connectivity index (χ4v) is 3.80. The van der Waals surface area contributed by atoms with Crippen molar-refractivity contribution in [3.05, 3.63) is 54.3 Å². The van der Waals surface area contributed by atoms with Gasteiger partial charge < -0.3 is 15.5 Å². The molecular weight excluding hydrogens is 369 g/mol. The van der Waals surface area contributed by atoms with Crippen LogP contribution in [0, 0.1) is 23.6 Å². The van der Waals surface area contributed by atoms with Crippen LogP contribution < -0.4 is 15.5 Å². The van der Waals surface area contributed by atoms with E-state index in [0.29, 0.717) is 12.1 Å². The predicted octanol–water partition coefficient (Wildman–Crippen LogP) is 4.28. The van der Waals surface area contributed by atoms with Gasteiger partial charge >= 0.3 is 0 Å². The summed E-state index contributed by atoms with van der Waals surface area (Å²) >= 11 is 0. The van der Waals surface area contributed by atoms with Gasteiger partial charge in [0.05, 0.1) is 11.8 Å². The van der Waals surface area contributed by atoms with Gasteiger partial charge in [0, 0.05) is 30.2 Å². The van der Waals surface area contributed by atoms with Gasteiger partial charge in [0.25, 0.3) is 0 Å². The molecular formula is C23H26FN3O2. The highest BCUT2D eigenvalue weighted by atomic mass is 19.1. The Morgan fingerprint density at radius 2 is 1.34 bits per heavy atom. The lowest BCUT2D eigenvalue weighted by molar-refractivity contribution is -0.122. The summed E-state index contributed by atoms with van der Waals surface area (Å²) < 4.78 is 12.9. The van der Waals surface area contributed by atoms with E-state index < -0.39 is 0 Å². The SMILES string of the molecule is CC1CCN(c2ccc(NC(=O)C3CC3C(=O)Nc3ccc(F)cc3)cc2)CC1. The molecule has 2 unspecified atom stereocenters. The summed E-state index contributed by atoms with van der Waals surface area (Å²) in [6, 6.07) is 13.5. The summed E-state index contributed by atoms with van der Waals surface area (Å²) in [5.74, 6) is -0.562. The maximum atomic E-state index is 12.9. The minimum absolute atomic E-state index is 0.135. The quantitative estimate of drug-likeness (QED) is 0.795. The molecule has 0 spiro atoms. The Kier molecular flexibility index (Phi) is 5.51. The highest BCUT2D eigenvalue weighted by Gasteiger charge is 2.48. The molecule has 152 valence electrons. The van der Waals surface area contributed by atoms with Crippen LogP contribution >= 0.6 is 0 Å². The number of benzene rings is 2. The minimum atomic E-state index is -0.354. The number of nitrogens with zero attached hydrogens (tertiary/aromatic N) is 1. The molecule has 1 aliphatic heterocycles. The molecule has 0 radical (unpaired) electrons. The minimum Gasteiger partial charge on any atom is -0.372 e. The van der Waals surface area contributed by atoms with E-state index in [-0.39, 0.29) is 29.5 Å². The first-order valence-corrected chi connectivity index (χ1v) is 10.2. The molecule has 6 heteroatoms. The summed E-state index contributed by atoms with van der Waals surface area (Å²) in [5.41, 5.74) is 2.46. The lowest BCUT2D eigenvalue weighted by Crippen LogP contribution is -2.32. The zero-order chi connectivity index (χ0) is 20.4. The van der Waals surface area contributed by atoms with Crippen LogP contribution in [0.4, 0.5) is 21.5 Å². The molecule has 4 rings (SSSR count). The van der Waals surface area contributed by atoms with Gasteiger partial charge in [-0.25, -0.2) is 4.39 Å². The molecule has 1 saturated heterocycles. The van der Waals surface area contributed by atoms with Gasteiger partial charge in [-0.3, -0.25) is 9.59 Å². The van der Waals surface area contributed by atoms with Crippen molar-refractivity contribution in [2.24, 2.45) is 17.8 Å². The lowest BCUT2D eigenvalue weighted by Gasteiger charge is -2.32. The number of piperidine rings is 1. The van der Waals surface area contributed by atoms with Crippen molar-refractivity contribution in [3.63, 3.8) is 0 Å². The highest BCUT2D eigenvalue weighted by Crippen LogP contribution is 2.40. The maximum absolute atomic E-state index is 12.9. The normalized spacial score (nSPS) is 21.5. The van der Waals surface area contributed by atoms with Gasteiger partial charge in [-0.2, -0.15) is 0 Å². The molecule has 2 atom stereocenters. The fourth-order valence-electron chi connectivity index (χ4n) is 3.80. The van der Waals surface area contributed by atoms with E-state index in [4.69, 9.17) is 0 Å². The maximum Gasteiger partial charge on any atom is 0.228 e. The monoisotopic (exact) mass is 395 g/mol. The van der Waals surface area contributed by atoms with Crippen LogP contribution in [-0.4, -0.2) is 24.9 Å². The lowest BCUT2D eigenvalue weighted by atomic mass is 9.99. The molecule has 2 fully saturated rings. The smallest absolute Gasteiger partial charge is 0.228 e. The number of rotatable bonds is 5. The second-order valence-electron chi connectivity index (χ2n) is 8.15. The Balaban J connectivity index is 1.27. The summed E-state index contributed by atoms with van der Waals surface area (Å²) in [7, 11) is 0. The van der Waals surface area contributed by atoms with Crippen molar-refractivity contribution < 1.29 is 14.0 Å². The molecule has 5 nitrogen and oxygen atoms in total. The van der Waals surface area contributed by atoms with Crippen LogP contribution in [0.15, 0.2) is 48.5 Å². The third kappa shape index (κ3) is 4.75. The Hall–Kier alpha value is -2.89. The highest BCUT2D eigenvalue weighted by molar-refractivity contribution is 6.03. The Labute approximate surface area is 170 Å². The van der Waals surface area contributed by atoms with Crippen LogP contribution in [-0.2, 0) is 9.59 Å². The van der Waals surface area contributed by atoms with Gasteiger partial charge in [-0.15, -0.1) is 0 Å². The van der Waals surface area contributed by atoms with Gasteiger partial charge in [0.15, 0.2) is 0 Å². The first-order valence-electron chi connectivity index (χ1n) is 10.2. The van der Waals surface area contributed by atoms with Crippen molar-refractivity contribution in [3.8, 4) is 0 Å². The van der Waals surface area contributed by atoms with E-state index in [1.54, 1.807) is 0 Å². The topological polar surface area (TPSA) is 61.4 Å². The number of carbonyl (C=O) groups is 2. The summed E-state index contributed by atoms with van der Waals surface area (Å²) in [4.78, 5) is 27.1. The largest absolute Gasteiger partial charge is 0.372 e. The van der Waals surface area contributed by atoms with E-state index in [2.05, 4.69) is 22.5 Å². The van der Waals surface area contributed by atoms with Crippen molar-refractivity contribution in [2.45, 2.75) is 26.2 Å². The van der Waals surface area contributed by atoms with E-state index in [1.807, 2.05) is 24.3 Å². The summed E-state index contributed by atoms with van der Waals surface area (Å²) in [6.45, 7) is 4.43. The second-order valence-corrected chi connectivity index (χ2v) is 8.15. The number of amides is 2. The molecule has 1 saturated carbocycles. The number of nitrogens with one attached hydrogen (secondary N) is 2. The standard InChI is InChI=1S/C23H26FN3O2/c1-15-10-12-27(13-11-15)19-8-6-18(7-9-19)26-23(29)21-14-20(21)22(28)25-17-4-2-16(24)3-5-17/h2-9,15,20-21H,10-14H2,1H3,(H,25,28)(H,26,29). The predicted molar refractivity (Wildman–Crippen MR) is 112 cm³/mol. The molecule has 0 aromatic heterocycles. The van der Waals surface area contributed by atoms with E-state index in [9.17, 15) is 14.0 Å². The summed E-state index contributed by atoms with van der Waals surface area (Å²) in [6.07, 6.45) is 2.95. The Morgan fingerprint density at radius 1 is 0.862 bits per heavy atom. The second kappa shape index (κ2) is 8.23. The van der Waals surface area contributed by atoms with E-state index >= 15 is 0 Å². The number of hydrogen-bond donors (Lipinski definition) is 2. The molecule has 2 aliphatic rings. The zero-order valence-electron chi connectivity index (χ0n) is 16.5. The number of carbonyl (C=O) groups excluding carboxylic acids is 2. The summed E-state index contributed by atoms with van der Waals surface area (Å²) in [5, 5.41) is 5.65. The molecule has 1 aliphatic carbocycles. The molecule has 2 N–H and O–H groups in total. The van der Waals surface area contributed by atoms with E-state index in [1.165, 1.54) is 42.8 Å². The van der Waals surface area contributed by atoms with Crippen LogP contribution in [0.3, 0.4) is 0 Å². The first kappa shape index (κ1) is 19.4. The van der Waals surface area contributed by atoms with Crippen molar-refractivity contribution >= 4 is 28.9 Å². The van der Waals surface area contributed by atoms with E-state index in [0.717, 1.165) is 24.7 Å². The molecule has 2 aromatic carbocycles. The Morgan fingerprint density at radius 3 is 1.86 bits per heavy atom. The number of halogens is 1. The van der Waals surface area contributed by atoms with Crippen molar-refractivity contribution in [2.75, 3.05) is 28.6 Å². The van der Waals surface area contributed by atoms with Crippen molar-refractivity contribution in [1.29, 1.82) is 0 Å². The van der Waals surface area contributed by atoms with Crippen LogP contribution in [0.5, 0.6) is 0 Å². The molecule has 2 aromatic rings. The number of anilines is 3. The third-order valence-electron chi connectivity index (χ3n) is 5.86. The van der Waals surface area contributed by atoms with Gasteiger partial charge in [-0.05, 0) is 73.7 Å². The zero-order valence-corrected chi connectivity index (χ0v) is 16.5. The van der Waals surface area contributed by atoms with Crippen LogP contribution in [0.25, 0.3) is 0 Å². The third-order valence-corrected chi connectivity index (χ3v) is 5.86.